The molecule has 6 aliphatic heterocycles. The first-order chi connectivity index (χ1) is 47.2. The van der Waals surface area contributed by atoms with E-state index < -0.39 is 246 Å². The molecule has 1 aromatic rings. The summed E-state index contributed by atoms with van der Waals surface area (Å²) in [5, 5.41) is 158. The minimum absolute atomic E-state index is 0.0482. The van der Waals surface area contributed by atoms with Crippen LogP contribution in [0.3, 0.4) is 0 Å². The fourth-order valence-electron chi connectivity index (χ4n) is 12.7. The molecule has 6 heterocycles. The molecule has 30 atom stereocenters. The monoisotopic (exact) mass is 1420 g/mol. The fraction of sp³-hybridized carbons (Fsp3) is 0.794. The molecule has 564 valence electrons. The van der Waals surface area contributed by atoms with Gasteiger partial charge in [-0.1, -0.05) is 44.4 Å². The number of aliphatic hydroxyl groups excluding tert-OH is 13. The molecule has 18 N–H and O–H groups in total. The number of carbonyl (C=O) groups excluding carboxylic acids is 5. The van der Waals surface area contributed by atoms with Crippen LogP contribution in [0.2, 0.25) is 0 Å². The summed E-state index contributed by atoms with van der Waals surface area (Å²) < 4.78 is 77.9. The van der Waals surface area contributed by atoms with Crippen LogP contribution in [-0.4, -0.2) is 327 Å². The van der Waals surface area contributed by atoms with Crippen LogP contribution in [0.1, 0.15) is 96.8 Å². The van der Waals surface area contributed by atoms with Crippen LogP contribution >= 0.6 is 0 Å². The van der Waals surface area contributed by atoms with E-state index in [2.05, 4.69) is 45.7 Å². The highest BCUT2D eigenvalue weighted by Gasteiger charge is 2.58. The Hall–Kier alpha value is -4.89. The van der Waals surface area contributed by atoms with E-state index in [0.717, 1.165) is 53.4 Å². The molecule has 0 bridgehead atoms. The third kappa shape index (κ3) is 20.9. The largest absolute Gasteiger partial charge is 0.494 e. The summed E-state index contributed by atoms with van der Waals surface area (Å²) in [6, 6.07) is -2.45. The number of aliphatic hydroxyl groups is 13. The third-order valence-corrected chi connectivity index (χ3v) is 17.8. The Morgan fingerprint density at radius 3 is 1.35 bits per heavy atom. The molecule has 6 fully saturated rings. The molecule has 0 spiro atoms. The lowest BCUT2D eigenvalue weighted by atomic mass is 9.93. The van der Waals surface area contributed by atoms with Gasteiger partial charge >= 0.3 is 0 Å². The summed E-state index contributed by atoms with van der Waals surface area (Å²) in [5.74, 6) is -3.67. The third-order valence-electron chi connectivity index (χ3n) is 17.8. The van der Waals surface area contributed by atoms with Gasteiger partial charge in [-0.05, 0) is 50.8 Å². The molecular weight excluding hydrogens is 1320 g/mol. The van der Waals surface area contributed by atoms with Gasteiger partial charge in [0.1, 0.15) is 146 Å². The summed E-state index contributed by atoms with van der Waals surface area (Å²) in [5.41, 5.74) is 0.0482. The first-order valence-electron chi connectivity index (χ1n) is 33.2. The normalized spacial score (nSPS) is 39.6. The van der Waals surface area contributed by atoms with Crippen molar-refractivity contribution in [3.05, 3.63) is 42.0 Å². The van der Waals surface area contributed by atoms with Gasteiger partial charge in [0, 0.05) is 40.4 Å². The van der Waals surface area contributed by atoms with Gasteiger partial charge in [-0.15, -0.1) is 0 Å². The van der Waals surface area contributed by atoms with Gasteiger partial charge in [0.25, 0.3) is 5.91 Å². The number of carbonyl (C=O) groups is 5. The van der Waals surface area contributed by atoms with Gasteiger partial charge in [0.15, 0.2) is 37.7 Å². The highest BCUT2D eigenvalue weighted by atomic mass is 16.8. The van der Waals surface area contributed by atoms with E-state index in [4.69, 9.17) is 61.6 Å². The summed E-state index contributed by atoms with van der Waals surface area (Å²) in [7, 11) is 1.21. The van der Waals surface area contributed by atoms with Crippen molar-refractivity contribution < 1.29 is 152 Å². The number of rotatable bonds is 32. The number of ether oxygens (including phenoxy) is 13. The van der Waals surface area contributed by atoms with Crippen molar-refractivity contribution in [2.75, 3.05) is 46.8 Å². The molecule has 0 aromatic heterocycles. The average molecular weight is 1420 g/mol. The summed E-state index contributed by atoms with van der Waals surface area (Å²) in [6.45, 7) is 3.52. The molecule has 36 heteroatoms. The summed E-state index contributed by atoms with van der Waals surface area (Å²) in [6.07, 6.45) is -32.0. The molecule has 7 rings (SSSR count). The topological polar surface area (TPSA) is 528 Å². The smallest absolute Gasteiger partial charge is 0.251 e. The van der Waals surface area contributed by atoms with E-state index in [1.165, 1.54) is 39.0 Å². The Morgan fingerprint density at radius 2 is 0.899 bits per heavy atom. The minimum Gasteiger partial charge on any atom is -0.494 e. The van der Waals surface area contributed by atoms with Crippen LogP contribution < -0.4 is 31.3 Å². The van der Waals surface area contributed by atoms with Gasteiger partial charge in [-0.25, -0.2) is 0 Å². The van der Waals surface area contributed by atoms with Crippen molar-refractivity contribution in [2.24, 2.45) is 0 Å². The zero-order valence-electron chi connectivity index (χ0n) is 56.1. The number of methoxy groups -OCH3 is 1. The SMILES string of the molecule is CCCCCCC=CCCCOc1cccc(C(=O)N[C@@H]2C(O[C@@H]3C(CO)O[C@@H](OC4C(CO)O[C@@H](O[C@@H]5C(CO)OC(OC6C(CO[C@@H]7OC(C)[C@@H](O)[C@@H](O)C7OC)O[C@@H](O)[C@@H](NC(C)=O)[C@H]6O)C(NC(C)=O)C5O)[C@@H](NC(C)=O)[C@H]4O)C(NC(C)=O)C3O)OC(CO)[C@@H](O)[C@@H]2O)c1. The van der Waals surface area contributed by atoms with Gasteiger partial charge in [-0.2, -0.15) is 0 Å². The van der Waals surface area contributed by atoms with E-state index >= 15 is 0 Å². The van der Waals surface area contributed by atoms with Gasteiger partial charge in [0.05, 0.1) is 45.7 Å². The molecule has 36 nitrogen and oxygen atoms in total. The zero-order chi connectivity index (χ0) is 72.5. The molecule has 15 unspecified atom stereocenters. The highest BCUT2D eigenvalue weighted by Crippen LogP contribution is 2.37. The van der Waals surface area contributed by atoms with Gasteiger partial charge in [-0.3, -0.25) is 24.0 Å². The highest BCUT2D eigenvalue weighted by molar-refractivity contribution is 5.94. The second-order valence-electron chi connectivity index (χ2n) is 25.3. The van der Waals surface area contributed by atoms with Crippen molar-refractivity contribution in [3.63, 3.8) is 0 Å². The first-order valence-corrected chi connectivity index (χ1v) is 33.2. The quantitative estimate of drug-likeness (QED) is 0.0235. The number of benzene rings is 1. The van der Waals surface area contributed by atoms with Crippen LogP contribution in [-0.2, 0) is 76.0 Å². The number of nitrogens with one attached hydrogen (secondary N) is 5. The van der Waals surface area contributed by atoms with Crippen molar-refractivity contribution in [3.8, 4) is 5.75 Å². The van der Waals surface area contributed by atoms with Crippen LogP contribution in [0.4, 0.5) is 0 Å². The number of hydrogen-bond acceptors (Lipinski definition) is 31. The molecule has 5 amide bonds. The number of hydrogen-bond donors (Lipinski definition) is 18. The van der Waals surface area contributed by atoms with Crippen molar-refractivity contribution in [1.82, 2.24) is 26.6 Å². The number of amides is 5. The van der Waals surface area contributed by atoms with Crippen molar-refractivity contribution in [2.45, 2.75) is 270 Å². The predicted molar refractivity (Wildman–Crippen MR) is 333 cm³/mol. The predicted octanol–water partition coefficient (Wildman–Crippen LogP) is -6.72. The van der Waals surface area contributed by atoms with Gasteiger partial charge < -0.3 is 155 Å². The van der Waals surface area contributed by atoms with Crippen LogP contribution in [0.15, 0.2) is 36.4 Å². The molecule has 1 aromatic carbocycles. The Morgan fingerprint density at radius 1 is 0.465 bits per heavy atom. The molecule has 0 radical (unpaired) electrons. The molecular formula is C63H101N5O31. The number of allylic oxidation sites excluding steroid dienone is 2. The van der Waals surface area contributed by atoms with Crippen LogP contribution in [0.25, 0.3) is 0 Å². The van der Waals surface area contributed by atoms with Crippen LogP contribution in [0, 0.1) is 0 Å². The summed E-state index contributed by atoms with van der Waals surface area (Å²) >= 11 is 0. The van der Waals surface area contributed by atoms with Crippen molar-refractivity contribution >= 4 is 29.5 Å². The van der Waals surface area contributed by atoms with E-state index in [0.29, 0.717) is 18.8 Å². The lowest BCUT2D eigenvalue weighted by molar-refractivity contribution is -0.368. The molecule has 0 aliphatic carbocycles. The molecule has 99 heavy (non-hydrogen) atoms. The van der Waals surface area contributed by atoms with E-state index in [9.17, 15) is 90.4 Å². The second kappa shape index (κ2) is 38.6. The maximum absolute atomic E-state index is 14.0. The van der Waals surface area contributed by atoms with E-state index in [1.807, 2.05) is 0 Å². The Kier molecular flexibility index (Phi) is 31.7. The van der Waals surface area contributed by atoms with E-state index in [1.54, 1.807) is 12.1 Å². The maximum atomic E-state index is 14.0. The Balaban J connectivity index is 1.07. The Labute approximate surface area is 571 Å². The molecule has 0 saturated carbocycles. The fourth-order valence-corrected chi connectivity index (χ4v) is 12.7. The maximum Gasteiger partial charge on any atom is 0.251 e. The second-order valence-corrected chi connectivity index (χ2v) is 25.3. The standard InChI is InChI=1S/C63H101N5O31/c1-8-9-10-11-12-13-14-15-16-20-88-33-19-17-18-32(21-33)57(85)68-40-46(79)45(78)34(22-69)92-59(40)96-52-35(23-70)93-60(41(48(52)81)65-29(4)74)97-53-36(24-71)94-61(42(49(53)82)66-30(5)75)98-54-37(25-72)95-62(43(50(54)83)67-31(6)76)99-55-38(91-58(86)39(47(55)80)64-28(3)73)26-89-63-56(87-7)51(84)44(77)27(2)90-63/h13-14,17-19,21,27,34-56,58-63,69-72,77-84,86H,8-12,15-16,20,22-26H2,1-7H3,(H,64,73)(H,65,74)(H,66,75)(H,67,76)(H,68,85)/t27?,34?,35?,36?,37?,38?,39-,40-,41?,42-,43?,44+,45+,46+,47+,48?,49+,50?,51+,52+,53?,54+,55?,56?,58+,59?,60-,61-,62?,63+/m0/s1. The Bertz CT molecular complexity index is 2730. The average Bonchev–Trinajstić information content (AvgIpc) is 0.791. The minimum atomic E-state index is -2.07. The van der Waals surface area contributed by atoms with Gasteiger partial charge in [0.2, 0.25) is 23.6 Å². The zero-order valence-corrected chi connectivity index (χ0v) is 56.1. The molecule has 6 saturated heterocycles. The van der Waals surface area contributed by atoms with Crippen molar-refractivity contribution in [1.29, 1.82) is 0 Å². The lowest BCUT2D eigenvalue weighted by Crippen LogP contribution is -2.72. The first kappa shape index (κ1) is 81.4. The summed E-state index contributed by atoms with van der Waals surface area (Å²) in [4.78, 5) is 65.1. The lowest BCUT2D eigenvalue weighted by Gasteiger charge is -2.51. The van der Waals surface area contributed by atoms with E-state index in [-0.39, 0.29) is 5.56 Å². The van der Waals surface area contributed by atoms with Crippen LogP contribution in [0.5, 0.6) is 5.75 Å². The number of unbranched alkanes of at least 4 members (excludes halogenated alkanes) is 5. The molecule has 6 aliphatic rings.